The number of esters is 1. The number of hydrogen-bond donors (Lipinski definition) is 0. The van der Waals surface area contributed by atoms with Gasteiger partial charge in [-0.25, -0.2) is 9.78 Å². The van der Waals surface area contributed by atoms with Gasteiger partial charge in [0.2, 0.25) is 0 Å². The van der Waals surface area contributed by atoms with E-state index in [2.05, 4.69) is 11.1 Å². The van der Waals surface area contributed by atoms with E-state index >= 15 is 0 Å². The van der Waals surface area contributed by atoms with E-state index in [1.807, 2.05) is 25.2 Å². The van der Waals surface area contributed by atoms with Gasteiger partial charge in [-0.15, -0.1) is 11.3 Å². The standard InChI is InChI=1S/C14H13N3O2S/c1-3-19-13(18)11-9-20-14(16-11)17(2)12-7-5-4-6-10(12)8-15/h4-7,9H,3H2,1-2H3. The second kappa shape index (κ2) is 6.17. The molecular weight excluding hydrogens is 274 g/mol. The van der Waals surface area contributed by atoms with Gasteiger partial charge >= 0.3 is 5.97 Å². The molecule has 0 aliphatic carbocycles. The molecule has 0 bridgehead atoms. The summed E-state index contributed by atoms with van der Waals surface area (Å²) in [6.07, 6.45) is 0. The van der Waals surface area contributed by atoms with Crippen LogP contribution in [-0.2, 0) is 4.74 Å². The highest BCUT2D eigenvalue weighted by molar-refractivity contribution is 7.14. The van der Waals surface area contributed by atoms with Gasteiger partial charge in [-0.05, 0) is 19.1 Å². The van der Waals surface area contributed by atoms with E-state index in [1.165, 1.54) is 11.3 Å². The van der Waals surface area contributed by atoms with E-state index < -0.39 is 5.97 Å². The summed E-state index contributed by atoms with van der Waals surface area (Å²) in [7, 11) is 1.81. The summed E-state index contributed by atoms with van der Waals surface area (Å²) in [4.78, 5) is 17.6. The van der Waals surface area contributed by atoms with Crippen molar-refractivity contribution in [1.29, 1.82) is 5.26 Å². The van der Waals surface area contributed by atoms with Gasteiger partial charge in [0.15, 0.2) is 10.8 Å². The molecule has 6 heteroatoms. The number of rotatable bonds is 4. The van der Waals surface area contributed by atoms with Crippen LogP contribution in [0.25, 0.3) is 0 Å². The van der Waals surface area contributed by atoms with Crippen molar-refractivity contribution in [2.24, 2.45) is 0 Å². The van der Waals surface area contributed by atoms with E-state index in [1.54, 1.807) is 23.3 Å². The molecule has 0 radical (unpaired) electrons. The average molecular weight is 287 g/mol. The van der Waals surface area contributed by atoms with Crippen LogP contribution in [0.4, 0.5) is 10.8 Å². The number of carbonyl (C=O) groups is 1. The number of para-hydroxylation sites is 1. The Morgan fingerprint density at radius 2 is 2.25 bits per heavy atom. The Morgan fingerprint density at radius 1 is 1.50 bits per heavy atom. The van der Waals surface area contributed by atoms with Crippen molar-refractivity contribution >= 4 is 28.1 Å². The van der Waals surface area contributed by atoms with E-state index in [-0.39, 0.29) is 5.69 Å². The minimum atomic E-state index is -0.433. The molecule has 0 atom stereocenters. The number of benzene rings is 1. The molecule has 0 unspecified atom stereocenters. The summed E-state index contributed by atoms with van der Waals surface area (Å²) in [6.45, 7) is 2.07. The van der Waals surface area contributed by atoms with Crippen molar-refractivity contribution < 1.29 is 9.53 Å². The van der Waals surface area contributed by atoms with Crippen molar-refractivity contribution in [3.63, 3.8) is 0 Å². The van der Waals surface area contributed by atoms with Gasteiger partial charge < -0.3 is 9.64 Å². The van der Waals surface area contributed by atoms with Crippen LogP contribution in [0.3, 0.4) is 0 Å². The lowest BCUT2D eigenvalue weighted by molar-refractivity contribution is 0.0520. The van der Waals surface area contributed by atoms with Crippen LogP contribution in [0.2, 0.25) is 0 Å². The quantitative estimate of drug-likeness (QED) is 0.809. The molecule has 0 amide bonds. The van der Waals surface area contributed by atoms with E-state index in [0.29, 0.717) is 17.3 Å². The number of ether oxygens (including phenoxy) is 1. The van der Waals surface area contributed by atoms with Gasteiger partial charge in [-0.1, -0.05) is 12.1 Å². The predicted octanol–water partition coefficient (Wildman–Crippen LogP) is 2.96. The maximum absolute atomic E-state index is 11.6. The number of anilines is 2. The lowest BCUT2D eigenvalue weighted by atomic mass is 10.2. The van der Waals surface area contributed by atoms with Crippen LogP contribution in [0.1, 0.15) is 23.0 Å². The van der Waals surface area contributed by atoms with Gasteiger partial charge in [-0.2, -0.15) is 5.26 Å². The molecule has 5 nitrogen and oxygen atoms in total. The molecule has 1 aromatic carbocycles. The molecule has 1 aromatic heterocycles. The third-order valence-corrected chi connectivity index (χ3v) is 3.57. The van der Waals surface area contributed by atoms with Crippen LogP contribution < -0.4 is 4.90 Å². The van der Waals surface area contributed by atoms with Gasteiger partial charge in [0, 0.05) is 12.4 Å². The number of thiazole rings is 1. The molecule has 1 heterocycles. The third kappa shape index (κ3) is 2.78. The molecule has 0 spiro atoms. The predicted molar refractivity (Wildman–Crippen MR) is 77.3 cm³/mol. The number of aromatic nitrogens is 1. The summed E-state index contributed by atoms with van der Waals surface area (Å²) in [5.74, 6) is -0.433. The van der Waals surface area contributed by atoms with Crippen molar-refractivity contribution in [3.8, 4) is 6.07 Å². The van der Waals surface area contributed by atoms with Crippen LogP contribution >= 0.6 is 11.3 Å². The fourth-order valence-corrected chi connectivity index (χ4v) is 2.45. The zero-order chi connectivity index (χ0) is 14.5. The molecule has 20 heavy (non-hydrogen) atoms. The van der Waals surface area contributed by atoms with Gasteiger partial charge in [0.05, 0.1) is 17.9 Å². The van der Waals surface area contributed by atoms with E-state index in [0.717, 1.165) is 5.69 Å². The zero-order valence-electron chi connectivity index (χ0n) is 11.2. The Hall–Kier alpha value is -2.39. The van der Waals surface area contributed by atoms with Crippen molar-refractivity contribution in [3.05, 3.63) is 40.9 Å². The maximum Gasteiger partial charge on any atom is 0.357 e. The molecule has 2 aromatic rings. The second-order valence-corrected chi connectivity index (χ2v) is 4.76. The molecule has 0 aliphatic heterocycles. The third-order valence-electron chi connectivity index (χ3n) is 2.65. The van der Waals surface area contributed by atoms with Crippen molar-refractivity contribution in [1.82, 2.24) is 4.98 Å². The highest BCUT2D eigenvalue weighted by Gasteiger charge is 2.16. The Morgan fingerprint density at radius 3 is 2.95 bits per heavy atom. The van der Waals surface area contributed by atoms with Crippen molar-refractivity contribution in [2.45, 2.75) is 6.92 Å². The van der Waals surface area contributed by atoms with Crippen LogP contribution in [0.5, 0.6) is 0 Å². The molecule has 102 valence electrons. The number of nitriles is 1. The molecule has 0 N–H and O–H groups in total. The van der Waals surface area contributed by atoms with Gasteiger partial charge in [0.1, 0.15) is 6.07 Å². The minimum Gasteiger partial charge on any atom is -0.461 e. The Kier molecular flexibility index (Phi) is 4.33. The van der Waals surface area contributed by atoms with Gasteiger partial charge in [-0.3, -0.25) is 0 Å². The fraction of sp³-hybridized carbons (Fsp3) is 0.214. The molecule has 2 rings (SSSR count). The second-order valence-electron chi connectivity index (χ2n) is 3.92. The molecule has 0 saturated heterocycles. The molecule has 0 saturated carbocycles. The largest absolute Gasteiger partial charge is 0.461 e. The highest BCUT2D eigenvalue weighted by atomic mass is 32.1. The van der Waals surface area contributed by atoms with Crippen molar-refractivity contribution in [2.75, 3.05) is 18.6 Å². The normalized spacial score (nSPS) is 9.85. The maximum atomic E-state index is 11.6. The van der Waals surface area contributed by atoms with Crippen LogP contribution in [0, 0.1) is 11.3 Å². The summed E-state index contributed by atoms with van der Waals surface area (Å²) < 4.78 is 4.91. The van der Waals surface area contributed by atoms with Crippen LogP contribution in [-0.4, -0.2) is 24.6 Å². The first kappa shape index (κ1) is 14.0. The van der Waals surface area contributed by atoms with E-state index in [9.17, 15) is 4.79 Å². The fourth-order valence-electron chi connectivity index (χ4n) is 1.68. The molecule has 0 aliphatic rings. The Bertz CT molecular complexity index is 660. The lowest BCUT2D eigenvalue weighted by Gasteiger charge is -2.16. The SMILES string of the molecule is CCOC(=O)c1csc(N(C)c2ccccc2C#N)n1. The molecular formula is C14H13N3O2S. The smallest absolute Gasteiger partial charge is 0.357 e. The highest BCUT2D eigenvalue weighted by Crippen LogP contribution is 2.29. The average Bonchev–Trinajstić information content (AvgIpc) is 2.96. The summed E-state index contributed by atoms with van der Waals surface area (Å²) >= 11 is 1.33. The number of carbonyl (C=O) groups excluding carboxylic acids is 1. The van der Waals surface area contributed by atoms with Gasteiger partial charge in [0.25, 0.3) is 0 Å². The van der Waals surface area contributed by atoms with Crippen LogP contribution in [0.15, 0.2) is 29.6 Å². The topological polar surface area (TPSA) is 66.2 Å². The molecule has 0 fully saturated rings. The monoisotopic (exact) mass is 287 g/mol. The summed E-state index contributed by atoms with van der Waals surface area (Å²) in [6, 6.07) is 9.38. The summed E-state index contributed by atoms with van der Waals surface area (Å²) in [5, 5.41) is 11.4. The first-order valence-corrected chi connectivity index (χ1v) is 6.90. The Labute approximate surface area is 121 Å². The number of nitrogens with zero attached hydrogens (tertiary/aromatic N) is 3. The Balaban J connectivity index is 2.28. The first-order chi connectivity index (χ1) is 9.67. The minimum absolute atomic E-state index is 0.285. The van der Waals surface area contributed by atoms with E-state index in [4.69, 9.17) is 10.00 Å². The lowest BCUT2D eigenvalue weighted by Crippen LogP contribution is -2.12. The summed E-state index contributed by atoms with van der Waals surface area (Å²) in [5.41, 5.74) is 1.59. The number of hydrogen-bond acceptors (Lipinski definition) is 6. The first-order valence-electron chi connectivity index (χ1n) is 6.03. The zero-order valence-corrected chi connectivity index (χ0v) is 12.0.